The fourth-order valence-electron chi connectivity index (χ4n) is 3.93. The third-order valence-corrected chi connectivity index (χ3v) is 6.21. The summed E-state index contributed by atoms with van der Waals surface area (Å²) in [6.07, 6.45) is 1.15. The van der Waals surface area contributed by atoms with Crippen LogP contribution in [0.2, 0.25) is 5.02 Å². The molecule has 4 aromatic rings. The summed E-state index contributed by atoms with van der Waals surface area (Å²) in [4.78, 5) is 55.6. The molecule has 210 valence electrons. The Hall–Kier alpha value is -4.20. The normalized spacial score (nSPS) is 11.7. The topological polar surface area (TPSA) is 137 Å². The number of nitrogens with zero attached hydrogens (tertiary/aromatic N) is 4. The van der Waals surface area contributed by atoms with Crippen molar-refractivity contribution in [3.05, 3.63) is 91.3 Å². The van der Waals surface area contributed by atoms with Gasteiger partial charge in [-0.05, 0) is 50.7 Å². The number of ether oxygens (including phenoxy) is 1. The molecule has 2 aromatic heterocycles. The fraction of sp³-hybridized carbons (Fsp3) is 0.269. The number of nitrogens with one attached hydrogen (secondary N) is 1. The second-order valence-corrected chi connectivity index (χ2v) is 9.76. The maximum atomic E-state index is 13.9. The molecule has 40 heavy (non-hydrogen) atoms. The van der Waals surface area contributed by atoms with Crippen molar-refractivity contribution in [2.24, 2.45) is 0 Å². The number of hydrogen-bond donors (Lipinski definition) is 2. The number of carbonyl (C=O) groups excluding carboxylic acids is 2. The first kappa shape index (κ1) is 28.8. The molecule has 0 atom stereocenters. The van der Waals surface area contributed by atoms with E-state index in [1.807, 2.05) is 0 Å². The largest absolute Gasteiger partial charge is 0.471 e. The Morgan fingerprint density at radius 3 is 2.48 bits per heavy atom. The highest BCUT2D eigenvalue weighted by Crippen LogP contribution is 2.21. The lowest BCUT2D eigenvalue weighted by molar-refractivity contribution is 0.0392. The van der Waals surface area contributed by atoms with E-state index in [2.05, 4.69) is 10.3 Å². The summed E-state index contributed by atoms with van der Waals surface area (Å²) in [5.41, 5.74) is -2.86. The molecule has 0 fully saturated rings. The number of aliphatic hydroxyl groups is 1. The lowest BCUT2D eigenvalue weighted by Gasteiger charge is -2.15. The van der Waals surface area contributed by atoms with Crippen LogP contribution in [0.3, 0.4) is 0 Å². The highest BCUT2D eigenvalue weighted by molar-refractivity contribution is 6.31. The van der Waals surface area contributed by atoms with Crippen LogP contribution in [0.1, 0.15) is 34.6 Å². The van der Waals surface area contributed by atoms with Crippen LogP contribution in [0.4, 0.5) is 8.78 Å². The maximum Gasteiger partial charge on any atom is 0.342 e. The summed E-state index contributed by atoms with van der Waals surface area (Å²) in [7, 11) is 1.52. The van der Waals surface area contributed by atoms with E-state index in [1.54, 1.807) is 0 Å². The quantitative estimate of drug-likeness (QED) is 0.326. The molecule has 2 heterocycles. The van der Waals surface area contributed by atoms with Crippen LogP contribution >= 0.6 is 11.6 Å². The van der Waals surface area contributed by atoms with E-state index in [0.717, 1.165) is 26.1 Å². The summed E-state index contributed by atoms with van der Waals surface area (Å²) in [6.45, 7) is 1.80. The Balaban J connectivity index is 1.68. The zero-order valence-corrected chi connectivity index (χ0v) is 22.3. The summed E-state index contributed by atoms with van der Waals surface area (Å²) in [6, 6.07) is 7.37. The number of hydrogen-bond acceptors (Lipinski definition) is 8. The molecule has 2 N–H and O–H groups in total. The van der Waals surface area contributed by atoms with Gasteiger partial charge in [0.2, 0.25) is 11.8 Å². The molecular weight excluding hydrogens is 552 g/mol. The number of halogens is 3. The predicted molar refractivity (Wildman–Crippen MR) is 141 cm³/mol. The molecule has 11 nitrogen and oxygen atoms in total. The van der Waals surface area contributed by atoms with E-state index in [9.17, 15) is 33.1 Å². The molecule has 0 bridgehead atoms. The molecule has 14 heteroatoms. The van der Waals surface area contributed by atoms with E-state index >= 15 is 0 Å². The molecular formula is C26H24ClF2N5O6. The molecule has 0 saturated carbocycles. The maximum absolute atomic E-state index is 13.9. The van der Waals surface area contributed by atoms with Crippen LogP contribution in [-0.4, -0.2) is 54.8 Å². The van der Waals surface area contributed by atoms with Crippen molar-refractivity contribution in [1.82, 2.24) is 24.0 Å². The van der Waals surface area contributed by atoms with Crippen molar-refractivity contribution in [2.75, 3.05) is 13.6 Å². The minimum absolute atomic E-state index is 0.0330. The number of rotatable bonds is 8. The van der Waals surface area contributed by atoms with Crippen molar-refractivity contribution in [1.29, 1.82) is 0 Å². The van der Waals surface area contributed by atoms with Gasteiger partial charge in [0.25, 0.3) is 11.5 Å². The van der Waals surface area contributed by atoms with Crippen LogP contribution in [0.15, 0.2) is 52.3 Å². The van der Waals surface area contributed by atoms with Gasteiger partial charge in [0, 0.05) is 11.6 Å². The summed E-state index contributed by atoms with van der Waals surface area (Å²) in [5, 5.41) is 12.5. The van der Waals surface area contributed by atoms with E-state index in [-0.39, 0.29) is 47.2 Å². The van der Waals surface area contributed by atoms with Crippen molar-refractivity contribution in [3.63, 3.8) is 0 Å². The lowest BCUT2D eigenvalue weighted by Crippen LogP contribution is -2.43. The number of carbonyl (C=O) groups is 2. The molecule has 4 rings (SSSR count). The third-order valence-electron chi connectivity index (χ3n) is 5.89. The number of aromatic nitrogens is 4. The standard InChI is InChI=1S/C26H24ClF2N5O6/c1-26(2,39)24(37)34-18-7-4-14(8-19(18)33(25(34)38)20(35)10-30-3)11-32-13-31-22(21(27)23(32)36)40-12-15-5-6-16(28)9-17(15)29/h4-9,13,30,39H,10-12H2,1-3H3. The molecule has 0 spiro atoms. The van der Waals surface area contributed by atoms with Crippen molar-refractivity contribution in [2.45, 2.75) is 32.6 Å². The smallest absolute Gasteiger partial charge is 0.342 e. The zero-order valence-electron chi connectivity index (χ0n) is 21.6. The van der Waals surface area contributed by atoms with E-state index in [0.29, 0.717) is 11.6 Å². The van der Waals surface area contributed by atoms with Crippen LogP contribution in [0.25, 0.3) is 11.0 Å². The van der Waals surface area contributed by atoms with Crippen molar-refractivity contribution < 1.29 is 28.2 Å². The second kappa shape index (κ2) is 11.1. The minimum atomic E-state index is -1.89. The third kappa shape index (κ3) is 5.57. The molecule has 0 aliphatic carbocycles. The molecule has 0 saturated heterocycles. The van der Waals surface area contributed by atoms with E-state index in [1.165, 1.54) is 45.2 Å². The van der Waals surface area contributed by atoms with E-state index < -0.39 is 40.3 Å². The zero-order chi connectivity index (χ0) is 29.4. The number of imidazole rings is 1. The predicted octanol–water partition coefficient (Wildman–Crippen LogP) is 2.19. The van der Waals surface area contributed by atoms with Crippen LogP contribution in [0, 0.1) is 11.6 Å². The molecule has 0 radical (unpaired) electrons. The van der Waals surface area contributed by atoms with Crippen LogP contribution in [-0.2, 0) is 13.2 Å². The van der Waals surface area contributed by atoms with E-state index in [4.69, 9.17) is 16.3 Å². The highest BCUT2D eigenvalue weighted by atomic mass is 35.5. The van der Waals surface area contributed by atoms with Gasteiger partial charge < -0.3 is 15.2 Å². The van der Waals surface area contributed by atoms with Gasteiger partial charge in [-0.1, -0.05) is 17.7 Å². The average molecular weight is 576 g/mol. The minimum Gasteiger partial charge on any atom is -0.471 e. The van der Waals surface area contributed by atoms with Gasteiger partial charge in [0.15, 0.2) is 5.02 Å². The number of benzene rings is 2. The first-order valence-electron chi connectivity index (χ1n) is 11.9. The van der Waals surface area contributed by atoms with Crippen LogP contribution < -0.4 is 21.3 Å². The summed E-state index contributed by atoms with van der Waals surface area (Å²) >= 11 is 6.16. The molecule has 2 aromatic carbocycles. The lowest BCUT2D eigenvalue weighted by atomic mass is 10.1. The van der Waals surface area contributed by atoms with Crippen LogP contribution in [0.5, 0.6) is 5.88 Å². The average Bonchev–Trinajstić information content (AvgIpc) is 3.17. The number of likely N-dealkylation sites (N-methyl/N-ethyl adjacent to an activating group) is 1. The Morgan fingerprint density at radius 1 is 1.10 bits per heavy atom. The monoisotopic (exact) mass is 575 g/mol. The van der Waals surface area contributed by atoms with Gasteiger partial charge in [-0.25, -0.2) is 27.7 Å². The molecule has 0 unspecified atom stereocenters. The second-order valence-electron chi connectivity index (χ2n) is 9.39. The SMILES string of the molecule is CNCC(=O)n1c(=O)n(C(=O)C(C)(C)O)c2ccc(Cn3cnc(OCc4ccc(F)cc4F)c(Cl)c3=O)cc21. The highest BCUT2D eigenvalue weighted by Gasteiger charge is 2.31. The Labute approximate surface area is 230 Å². The van der Waals surface area contributed by atoms with Gasteiger partial charge in [-0.2, -0.15) is 0 Å². The van der Waals surface area contributed by atoms with Gasteiger partial charge >= 0.3 is 5.69 Å². The van der Waals surface area contributed by atoms with Gasteiger partial charge in [-0.15, -0.1) is 0 Å². The molecule has 0 aliphatic rings. The van der Waals surface area contributed by atoms with Gasteiger partial charge in [0.1, 0.15) is 30.2 Å². The fourth-order valence-corrected chi connectivity index (χ4v) is 4.14. The van der Waals surface area contributed by atoms with Gasteiger partial charge in [-0.3, -0.25) is 19.0 Å². The summed E-state index contributed by atoms with van der Waals surface area (Å²) < 4.78 is 35.1. The Kier molecular flexibility index (Phi) is 8.00. The first-order chi connectivity index (χ1) is 18.8. The summed E-state index contributed by atoms with van der Waals surface area (Å²) in [5.74, 6) is -3.39. The molecule has 0 amide bonds. The van der Waals surface area contributed by atoms with Crippen molar-refractivity contribution >= 4 is 34.4 Å². The number of fused-ring (bicyclic) bond motifs is 1. The first-order valence-corrected chi connectivity index (χ1v) is 12.2. The van der Waals surface area contributed by atoms with Gasteiger partial charge in [0.05, 0.1) is 24.1 Å². The molecule has 0 aliphatic heterocycles. The Morgan fingerprint density at radius 2 is 1.82 bits per heavy atom. The Bertz CT molecular complexity index is 1760. The van der Waals surface area contributed by atoms with Crippen molar-refractivity contribution in [3.8, 4) is 5.88 Å².